The van der Waals surface area contributed by atoms with E-state index in [0.717, 1.165) is 51.2 Å². The van der Waals surface area contributed by atoms with Crippen LogP contribution in [0.5, 0.6) is 0 Å². The first kappa shape index (κ1) is 11.7. The maximum Gasteiger partial charge on any atom is 0.132 e. The van der Waals surface area contributed by atoms with Crippen LogP contribution in [-0.4, -0.2) is 19.0 Å². The lowest BCUT2D eigenvalue weighted by atomic mass is 9.86. The fourth-order valence-electron chi connectivity index (χ4n) is 1.89. The molecule has 0 atom stereocenters. The van der Waals surface area contributed by atoms with Crippen LogP contribution >= 0.6 is 0 Å². The minimum atomic E-state index is 0.452. The highest BCUT2D eigenvalue weighted by atomic mass is 16.5. The number of unbranched alkanes of at least 4 members (excludes halogenated alkanes) is 1. The molecule has 0 amide bonds. The zero-order valence-corrected chi connectivity index (χ0v) is 9.26. The molecule has 1 saturated carbocycles. The van der Waals surface area contributed by atoms with Gasteiger partial charge in [-0.3, -0.25) is 4.79 Å². The number of ether oxygens (including phenoxy) is 1. The van der Waals surface area contributed by atoms with Crippen LogP contribution in [0.25, 0.3) is 0 Å². The molecular weight excluding hydrogens is 176 g/mol. The number of rotatable bonds is 6. The first-order chi connectivity index (χ1) is 6.83. The Labute approximate surface area is 87.0 Å². The van der Waals surface area contributed by atoms with Gasteiger partial charge in [-0.25, -0.2) is 0 Å². The van der Waals surface area contributed by atoms with Crippen LogP contribution in [0.15, 0.2) is 0 Å². The highest BCUT2D eigenvalue weighted by Gasteiger charge is 2.17. The highest BCUT2D eigenvalue weighted by molar-refractivity contribution is 5.78. The Morgan fingerprint density at radius 2 is 2.00 bits per heavy atom. The van der Waals surface area contributed by atoms with Gasteiger partial charge in [-0.05, 0) is 31.6 Å². The molecule has 1 fully saturated rings. The molecule has 0 aliphatic heterocycles. The molecule has 0 bridgehead atoms. The largest absolute Gasteiger partial charge is 0.381 e. The van der Waals surface area contributed by atoms with Gasteiger partial charge in [0.15, 0.2) is 0 Å². The first-order valence-corrected chi connectivity index (χ1v) is 5.92. The smallest absolute Gasteiger partial charge is 0.132 e. The lowest BCUT2D eigenvalue weighted by Crippen LogP contribution is -2.15. The van der Waals surface area contributed by atoms with Crippen molar-refractivity contribution in [3.8, 4) is 0 Å². The van der Waals surface area contributed by atoms with E-state index < -0.39 is 0 Å². The molecule has 0 unspecified atom stereocenters. The van der Waals surface area contributed by atoms with Crippen LogP contribution in [0.1, 0.15) is 51.9 Å². The van der Waals surface area contributed by atoms with Crippen molar-refractivity contribution in [2.75, 3.05) is 13.2 Å². The van der Waals surface area contributed by atoms with Gasteiger partial charge < -0.3 is 4.74 Å². The maximum atomic E-state index is 11.0. The number of hydrogen-bond acceptors (Lipinski definition) is 2. The Kier molecular flexibility index (Phi) is 5.85. The summed E-state index contributed by atoms with van der Waals surface area (Å²) in [6.45, 7) is 3.97. The third-order valence-corrected chi connectivity index (χ3v) is 2.98. The fourth-order valence-corrected chi connectivity index (χ4v) is 1.89. The number of ketones is 1. The van der Waals surface area contributed by atoms with Crippen molar-refractivity contribution >= 4 is 5.78 Å². The predicted molar refractivity (Wildman–Crippen MR) is 57.3 cm³/mol. The van der Waals surface area contributed by atoms with Crippen LogP contribution in [0.3, 0.4) is 0 Å². The third-order valence-electron chi connectivity index (χ3n) is 2.98. The molecule has 1 aliphatic rings. The van der Waals surface area contributed by atoms with E-state index in [0.29, 0.717) is 5.78 Å². The molecule has 0 spiro atoms. The molecule has 0 radical (unpaired) electrons. The molecule has 0 aromatic carbocycles. The summed E-state index contributed by atoms with van der Waals surface area (Å²) in [5, 5.41) is 0. The van der Waals surface area contributed by atoms with Crippen molar-refractivity contribution in [3.05, 3.63) is 0 Å². The number of Topliss-reactive ketones (excluding diaryl/α,β-unsaturated/α-hetero) is 1. The monoisotopic (exact) mass is 198 g/mol. The Hall–Kier alpha value is -0.370. The zero-order chi connectivity index (χ0) is 10.2. The molecule has 2 nitrogen and oxygen atoms in total. The summed E-state index contributed by atoms with van der Waals surface area (Å²) in [5.41, 5.74) is 0. The quantitative estimate of drug-likeness (QED) is 0.613. The van der Waals surface area contributed by atoms with Gasteiger partial charge in [0.05, 0.1) is 0 Å². The molecule has 0 N–H and O–H groups in total. The van der Waals surface area contributed by atoms with E-state index in [9.17, 15) is 4.79 Å². The van der Waals surface area contributed by atoms with E-state index in [1.165, 1.54) is 12.8 Å². The summed E-state index contributed by atoms with van der Waals surface area (Å²) < 4.78 is 5.52. The maximum absolute atomic E-state index is 11.0. The number of carbonyl (C=O) groups is 1. The van der Waals surface area contributed by atoms with Crippen molar-refractivity contribution in [2.24, 2.45) is 5.92 Å². The summed E-state index contributed by atoms with van der Waals surface area (Å²) in [5.74, 6) is 1.20. The van der Waals surface area contributed by atoms with Crippen LogP contribution in [0, 0.1) is 5.92 Å². The van der Waals surface area contributed by atoms with Gasteiger partial charge in [0, 0.05) is 26.1 Å². The second-order valence-corrected chi connectivity index (χ2v) is 4.24. The fraction of sp³-hybridized carbons (Fsp3) is 0.917. The van der Waals surface area contributed by atoms with Crippen molar-refractivity contribution < 1.29 is 9.53 Å². The van der Waals surface area contributed by atoms with Crippen LogP contribution in [0.2, 0.25) is 0 Å². The van der Waals surface area contributed by atoms with Crippen molar-refractivity contribution in [1.29, 1.82) is 0 Å². The van der Waals surface area contributed by atoms with Gasteiger partial charge >= 0.3 is 0 Å². The number of hydrogen-bond donors (Lipinski definition) is 0. The molecule has 2 heteroatoms. The van der Waals surface area contributed by atoms with E-state index in [1.54, 1.807) is 0 Å². The van der Waals surface area contributed by atoms with Crippen molar-refractivity contribution in [1.82, 2.24) is 0 Å². The van der Waals surface area contributed by atoms with E-state index in [2.05, 4.69) is 6.92 Å². The average Bonchev–Trinajstić information content (AvgIpc) is 2.21. The lowest BCUT2D eigenvalue weighted by Gasteiger charge is -2.20. The molecule has 14 heavy (non-hydrogen) atoms. The lowest BCUT2D eigenvalue weighted by molar-refractivity contribution is -0.121. The molecule has 1 aliphatic carbocycles. The summed E-state index contributed by atoms with van der Waals surface area (Å²) >= 11 is 0. The summed E-state index contributed by atoms with van der Waals surface area (Å²) in [6, 6.07) is 0. The van der Waals surface area contributed by atoms with Crippen molar-refractivity contribution in [3.63, 3.8) is 0 Å². The van der Waals surface area contributed by atoms with Gasteiger partial charge in [-0.2, -0.15) is 0 Å². The molecular formula is C12H22O2. The summed E-state index contributed by atoms with van der Waals surface area (Å²) in [4.78, 5) is 11.0. The Balaban J connectivity index is 1.94. The molecule has 82 valence electrons. The van der Waals surface area contributed by atoms with E-state index in [4.69, 9.17) is 4.74 Å². The SMILES string of the molecule is CCCCOCCC1CCC(=O)CC1. The van der Waals surface area contributed by atoms with Crippen molar-refractivity contribution in [2.45, 2.75) is 51.9 Å². The highest BCUT2D eigenvalue weighted by Crippen LogP contribution is 2.24. The molecule has 1 rings (SSSR count). The molecule has 0 heterocycles. The second kappa shape index (κ2) is 6.99. The van der Waals surface area contributed by atoms with Crippen LogP contribution in [-0.2, 0) is 9.53 Å². The number of carbonyl (C=O) groups excluding carboxylic acids is 1. The van der Waals surface area contributed by atoms with Gasteiger partial charge in [-0.1, -0.05) is 13.3 Å². The van der Waals surface area contributed by atoms with Gasteiger partial charge in [0.2, 0.25) is 0 Å². The van der Waals surface area contributed by atoms with Gasteiger partial charge in [0.25, 0.3) is 0 Å². The summed E-state index contributed by atoms with van der Waals surface area (Å²) in [7, 11) is 0. The van der Waals surface area contributed by atoms with Gasteiger partial charge in [-0.15, -0.1) is 0 Å². The van der Waals surface area contributed by atoms with Crippen LogP contribution < -0.4 is 0 Å². The normalized spacial score (nSPS) is 18.8. The zero-order valence-electron chi connectivity index (χ0n) is 9.26. The average molecular weight is 198 g/mol. The standard InChI is InChI=1S/C12H22O2/c1-2-3-9-14-10-8-11-4-6-12(13)7-5-11/h11H,2-10H2,1H3. The Bertz CT molecular complexity index is 156. The minimum Gasteiger partial charge on any atom is -0.381 e. The Morgan fingerprint density at radius 3 is 2.64 bits per heavy atom. The molecule has 0 aromatic heterocycles. The third kappa shape index (κ3) is 4.75. The second-order valence-electron chi connectivity index (χ2n) is 4.24. The Morgan fingerprint density at radius 1 is 1.29 bits per heavy atom. The van der Waals surface area contributed by atoms with E-state index >= 15 is 0 Å². The topological polar surface area (TPSA) is 26.3 Å². The predicted octanol–water partition coefficient (Wildman–Crippen LogP) is 2.95. The summed E-state index contributed by atoms with van der Waals surface area (Å²) in [6.07, 6.45) is 7.32. The van der Waals surface area contributed by atoms with Gasteiger partial charge in [0.1, 0.15) is 5.78 Å². The van der Waals surface area contributed by atoms with E-state index in [1.807, 2.05) is 0 Å². The van der Waals surface area contributed by atoms with Crippen LogP contribution in [0.4, 0.5) is 0 Å². The molecule has 0 aromatic rings. The molecule has 0 saturated heterocycles. The van der Waals surface area contributed by atoms with E-state index in [-0.39, 0.29) is 0 Å². The first-order valence-electron chi connectivity index (χ1n) is 5.92. The minimum absolute atomic E-state index is 0.452.